The zero-order valence-corrected chi connectivity index (χ0v) is 6.12. The molecule has 2 rings (SSSR count). The first-order chi connectivity index (χ1) is 5.29. The van der Waals surface area contributed by atoms with E-state index in [9.17, 15) is 0 Å². The quantitative estimate of drug-likeness (QED) is 0.611. The molecule has 0 saturated heterocycles. The summed E-state index contributed by atoms with van der Waals surface area (Å²) in [7, 11) is 0. The van der Waals surface area contributed by atoms with Crippen molar-refractivity contribution in [2.75, 3.05) is 11.5 Å². The molecule has 4 N–H and O–H groups in total. The molecule has 58 valence electrons. The summed E-state index contributed by atoms with van der Waals surface area (Å²) in [5, 5.41) is 7.40. The molecule has 1 heterocycles. The largest absolute Gasteiger partial charge is 0.395 e. The van der Waals surface area contributed by atoms with Crippen LogP contribution in [0.25, 0.3) is 0 Å². The van der Waals surface area contributed by atoms with Gasteiger partial charge in [0, 0.05) is 5.56 Å². The molecule has 1 fully saturated rings. The van der Waals surface area contributed by atoms with Crippen LogP contribution in [0.15, 0.2) is 6.20 Å². The Bertz CT molecular complexity index is 280. The molecule has 11 heavy (non-hydrogen) atoms. The first-order valence-corrected chi connectivity index (χ1v) is 3.65. The summed E-state index contributed by atoms with van der Waals surface area (Å²) < 4.78 is 0. The van der Waals surface area contributed by atoms with Crippen LogP contribution in [0.2, 0.25) is 0 Å². The van der Waals surface area contributed by atoms with Gasteiger partial charge in [0.25, 0.3) is 0 Å². The van der Waals surface area contributed by atoms with Crippen molar-refractivity contribution in [3.8, 4) is 0 Å². The second kappa shape index (κ2) is 2.08. The summed E-state index contributed by atoms with van der Waals surface area (Å²) in [4.78, 5) is 0. The smallest absolute Gasteiger partial charge is 0.169 e. The number of hydrogen-bond acceptors (Lipinski definition) is 4. The van der Waals surface area contributed by atoms with Gasteiger partial charge in [0.05, 0.1) is 11.9 Å². The Hall–Kier alpha value is -1.32. The SMILES string of the molecule is Nc1nncc(C2CC2)c1N. The highest BCUT2D eigenvalue weighted by Crippen LogP contribution is 2.42. The van der Waals surface area contributed by atoms with E-state index in [0.717, 1.165) is 5.56 Å². The summed E-state index contributed by atoms with van der Waals surface area (Å²) in [6, 6.07) is 0. The topological polar surface area (TPSA) is 77.8 Å². The van der Waals surface area contributed by atoms with E-state index in [2.05, 4.69) is 10.2 Å². The van der Waals surface area contributed by atoms with Gasteiger partial charge in [-0.3, -0.25) is 0 Å². The predicted octanol–water partition coefficient (Wildman–Crippen LogP) is 0.518. The summed E-state index contributed by atoms with van der Waals surface area (Å²) >= 11 is 0. The third-order valence-corrected chi connectivity index (χ3v) is 1.97. The van der Waals surface area contributed by atoms with Crippen LogP contribution in [0.1, 0.15) is 24.3 Å². The maximum atomic E-state index is 5.70. The summed E-state index contributed by atoms with van der Waals surface area (Å²) in [6.45, 7) is 0. The van der Waals surface area contributed by atoms with E-state index in [-0.39, 0.29) is 0 Å². The zero-order chi connectivity index (χ0) is 7.84. The Morgan fingerprint density at radius 2 is 2.09 bits per heavy atom. The Morgan fingerprint density at radius 3 is 2.73 bits per heavy atom. The molecule has 1 aliphatic rings. The Balaban J connectivity index is 2.45. The third-order valence-electron chi connectivity index (χ3n) is 1.97. The van der Waals surface area contributed by atoms with E-state index >= 15 is 0 Å². The van der Waals surface area contributed by atoms with Crippen LogP contribution in [0.5, 0.6) is 0 Å². The monoisotopic (exact) mass is 150 g/mol. The zero-order valence-electron chi connectivity index (χ0n) is 6.12. The van der Waals surface area contributed by atoms with Crippen molar-refractivity contribution >= 4 is 11.5 Å². The fourth-order valence-corrected chi connectivity index (χ4v) is 1.14. The molecule has 0 aromatic carbocycles. The summed E-state index contributed by atoms with van der Waals surface area (Å²) in [5.41, 5.74) is 12.9. The highest BCUT2D eigenvalue weighted by atomic mass is 15.1. The van der Waals surface area contributed by atoms with Crippen molar-refractivity contribution in [1.29, 1.82) is 0 Å². The fraction of sp³-hybridized carbons (Fsp3) is 0.429. The maximum absolute atomic E-state index is 5.70. The van der Waals surface area contributed by atoms with Gasteiger partial charge in [-0.15, -0.1) is 5.10 Å². The predicted molar refractivity (Wildman–Crippen MR) is 42.8 cm³/mol. The van der Waals surface area contributed by atoms with Crippen molar-refractivity contribution in [2.45, 2.75) is 18.8 Å². The van der Waals surface area contributed by atoms with Crippen molar-refractivity contribution < 1.29 is 0 Å². The molecule has 4 heteroatoms. The number of nitrogen functional groups attached to an aromatic ring is 2. The van der Waals surface area contributed by atoms with Gasteiger partial charge in [0.1, 0.15) is 0 Å². The number of anilines is 2. The molecular weight excluding hydrogens is 140 g/mol. The van der Waals surface area contributed by atoms with Crippen molar-refractivity contribution in [1.82, 2.24) is 10.2 Å². The van der Waals surface area contributed by atoms with Crippen LogP contribution in [0, 0.1) is 0 Å². The molecule has 1 aromatic rings. The van der Waals surface area contributed by atoms with E-state index in [1.165, 1.54) is 12.8 Å². The minimum absolute atomic E-state index is 0.356. The van der Waals surface area contributed by atoms with E-state index in [1.54, 1.807) is 6.20 Å². The number of rotatable bonds is 1. The number of nitrogens with zero attached hydrogens (tertiary/aromatic N) is 2. The average molecular weight is 150 g/mol. The molecule has 1 saturated carbocycles. The molecule has 1 aliphatic carbocycles. The molecule has 0 atom stereocenters. The summed E-state index contributed by atoms with van der Waals surface area (Å²) in [5.74, 6) is 0.946. The fourth-order valence-electron chi connectivity index (χ4n) is 1.14. The van der Waals surface area contributed by atoms with Crippen molar-refractivity contribution in [3.05, 3.63) is 11.8 Å². The molecule has 4 nitrogen and oxygen atoms in total. The first kappa shape index (κ1) is 6.39. The minimum Gasteiger partial charge on any atom is -0.395 e. The molecular formula is C7H10N4. The van der Waals surface area contributed by atoms with Gasteiger partial charge < -0.3 is 11.5 Å². The minimum atomic E-state index is 0.356. The van der Waals surface area contributed by atoms with Crippen LogP contribution in [-0.2, 0) is 0 Å². The Labute approximate surface area is 64.6 Å². The molecule has 1 aromatic heterocycles. The van der Waals surface area contributed by atoms with Crippen LogP contribution < -0.4 is 11.5 Å². The van der Waals surface area contributed by atoms with E-state index in [4.69, 9.17) is 11.5 Å². The van der Waals surface area contributed by atoms with Crippen LogP contribution in [0.3, 0.4) is 0 Å². The normalized spacial score (nSPS) is 16.7. The number of aromatic nitrogens is 2. The van der Waals surface area contributed by atoms with E-state index in [1.807, 2.05) is 0 Å². The summed E-state index contributed by atoms with van der Waals surface area (Å²) in [6.07, 6.45) is 4.12. The van der Waals surface area contributed by atoms with Gasteiger partial charge in [-0.05, 0) is 18.8 Å². The molecule has 0 unspecified atom stereocenters. The standard InChI is InChI=1S/C7H10N4/c8-6-5(4-1-2-4)3-10-11-7(6)9/h3-4H,1-2H2,(H2,8,10)(H2,9,11). The second-order valence-electron chi connectivity index (χ2n) is 2.87. The third kappa shape index (κ3) is 1.00. The highest BCUT2D eigenvalue weighted by molar-refractivity contribution is 5.63. The maximum Gasteiger partial charge on any atom is 0.169 e. The molecule has 0 amide bonds. The number of hydrogen-bond donors (Lipinski definition) is 2. The first-order valence-electron chi connectivity index (χ1n) is 3.65. The lowest BCUT2D eigenvalue weighted by atomic mass is 10.2. The van der Waals surface area contributed by atoms with Crippen LogP contribution in [-0.4, -0.2) is 10.2 Å². The van der Waals surface area contributed by atoms with Gasteiger partial charge >= 0.3 is 0 Å². The lowest BCUT2D eigenvalue weighted by molar-refractivity contribution is 0.992. The van der Waals surface area contributed by atoms with Gasteiger partial charge in [0.2, 0.25) is 0 Å². The second-order valence-corrected chi connectivity index (χ2v) is 2.87. The van der Waals surface area contributed by atoms with E-state index in [0.29, 0.717) is 17.4 Å². The molecule has 0 aliphatic heterocycles. The van der Waals surface area contributed by atoms with Gasteiger partial charge in [0.15, 0.2) is 5.82 Å². The van der Waals surface area contributed by atoms with E-state index < -0.39 is 0 Å². The highest BCUT2D eigenvalue weighted by Gasteiger charge is 2.26. The number of nitrogens with two attached hydrogens (primary N) is 2. The molecule has 0 bridgehead atoms. The van der Waals surface area contributed by atoms with Gasteiger partial charge in [-0.2, -0.15) is 5.10 Å². The van der Waals surface area contributed by atoms with Crippen LogP contribution >= 0.6 is 0 Å². The molecule has 0 radical (unpaired) electrons. The average Bonchev–Trinajstić information content (AvgIpc) is 2.77. The van der Waals surface area contributed by atoms with Gasteiger partial charge in [-0.25, -0.2) is 0 Å². The van der Waals surface area contributed by atoms with Crippen molar-refractivity contribution in [3.63, 3.8) is 0 Å². The lowest BCUT2D eigenvalue weighted by Gasteiger charge is -2.02. The van der Waals surface area contributed by atoms with Gasteiger partial charge in [-0.1, -0.05) is 0 Å². The lowest BCUT2D eigenvalue weighted by Crippen LogP contribution is -2.02. The molecule has 0 spiro atoms. The van der Waals surface area contributed by atoms with Crippen LogP contribution in [0.4, 0.5) is 11.5 Å². The van der Waals surface area contributed by atoms with Crippen molar-refractivity contribution in [2.24, 2.45) is 0 Å². The Kier molecular flexibility index (Phi) is 1.21. The Morgan fingerprint density at radius 1 is 1.36 bits per heavy atom.